The molecule has 42 heavy (non-hydrogen) atoms. The van der Waals surface area contributed by atoms with Crippen molar-refractivity contribution in [2.75, 3.05) is 11.6 Å². The van der Waals surface area contributed by atoms with Gasteiger partial charge >= 0.3 is 0 Å². The predicted molar refractivity (Wildman–Crippen MR) is 167 cm³/mol. The number of rotatable bonds is 14. The van der Waals surface area contributed by atoms with Gasteiger partial charge in [-0.15, -0.1) is 0 Å². The summed E-state index contributed by atoms with van der Waals surface area (Å²) in [6, 6.07) is 25.3. The van der Waals surface area contributed by atoms with Gasteiger partial charge in [0.1, 0.15) is 6.04 Å². The fraction of sp³-hybridized carbons (Fsp3) is 0.333. The minimum atomic E-state index is -3.78. The molecule has 3 aromatic rings. The molecular weight excluding hydrogens is 548 g/mol. The first-order chi connectivity index (χ1) is 20.2. The van der Waals surface area contributed by atoms with Crippen LogP contribution < -0.4 is 20.5 Å². The van der Waals surface area contributed by atoms with Crippen molar-refractivity contribution in [2.45, 2.75) is 57.4 Å². The highest BCUT2D eigenvalue weighted by molar-refractivity contribution is 7.88. The van der Waals surface area contributed by atoms with Crippen LogP contribution in [0.5, 0.6) is 0 Å². The summed E-state index contributed by atoms with van der Waals surface area (Å²) in [5.74, 6) is -0.857. The molecule has 0 aliphatic carbocycles. The molecule has 4 rings (SSSR count). The lowest BCUT2D eigenvalue weighted by molar-refractivity contribution is -0.123. The van der Waals surface area contributed by atoms with E-state index in [9.17, 15) is 18.0 Å². The zero-order chi connectivity index (χ0) is 30.0. The summed E-state index contributed by atoms with van der Waals surface area (Å²) in [7, 11) is -3.78. The summed E-state index contributed by atoms with van der Waals surface area (Å²) in [5, 5.41) is 4.83. The Labute approximate surface area is 249 Å². The first-order valence-corrected chi connectivity index (χ1v) is 16.1. The predicted octanol–water partition coefficient (Wildman–Crippen LogP) is 4.29. The number of para-hydroxylation sites is 1. The second-order valence-corrected chi connectivity index (χ2v) is 12.8. The maximum atomic E-state index is 13.5. The van der Waals surface area contributed by atoms with Crippen LogP contribution in [0.2, 0.25) is 0 Å². The lowest BCUT2D eigenvalue weighted by Crippen LogP contribution is -2.50. The van der Waals surface area contributed by atoms with E-state index in [0.717, 1.165) is 17.7 Å². The van der Waals surface area contributed by atoms with E-state index in [2.05, 4.69) is 15.5 Å². The molecule has 2 unspecified atom stereocenters. The number of aryl methyl sites for hydroxylation is 1. The third-order valence-electron chi connectivity index (χ3n) is 7.07. The Morgan fingerprint density at radius 2 is 1.55 bits per heavy atom. The Bertz CT molecular complexity index is 1460. The largest absolute Gasteiger partial charge is 0.348 e. The number of amides is 2. The van der Waals surface area contributed by atoms with Crippen molar-refractivity contribution >= 4 is 27.5 Å². The molecule has 0 bridgehead atoms. The number of hydrazine groups is 1. The van der Waals surface area contributed by atoms with E-state index < -0.39 is 28.0 Å². The summed E-state index contributed by atoms with van der Waals surface area (Å²) in [6.07, 6.45) is 5.52. The van der Waals surface area contributed by atoms with Crippen LogP contribution in [-0.2, 0) is 38.2 Å². The van der Waals surface area contributed by atoms with Gasteiger partial charge in [-0.05, 0) is 54.4 Å². The number of carbonyl (C=O) groups is 2. The van der Waals surface area contributed by atoms with Crippen molar-refractivity contribution in [3.05, 3.63) is 114 Å². The van der Waals surface area contributed by atoms with Gasteiger partial charge in [-0.25, -0.2) is 13.1 Å². The molecule has 9 heteroatoms. The zero-order valence-electron chi connectivity index (χ0n) is 24.2. The lowest BCUT2D eigenvalue weighted by Gasteiger charge is -2.23. The molecule has 1 heterocycles. The number of anilines is 1. The van der Waals surface area contributed by atoms with Gasteiger partial charge < -0.3 is 5.32 Å². The molecule has 2 amide bonds. The second kappa shape index (κ2) is 14.8. The first kappa shape index (κ1) is 31.0. The summed E-state index contributed by atoms with van der Waals surface area (Å²) < 4.78 is 28.6. The summed E-state index contributed by atoms with van der Waals surface area (Å²) >= 11 is 0. The molecule has 0 fully saturated rings. The maximum absolute atomic E-state index is 13.5. The average molecular weight is 589 g/mol. The number of hydrogen-bond donors (Lipinski definition) is 3. The highest BCUT2D eigenvalue weighted by atomic mass is 32.2. The van der Waals surface area contributed by atoms with Crippen molar-refractivity contribution in [3.8, 4) is 0 Å². The molecule has 0 aromatic heterocycles. The standard InChI is InChI=1S/C33H40N4O4S/c1-25(2)23-30(36-42(40,41)24-27-13-7-4-8-14-27)33(39)34-29(18-17-26-11-5-3-6-12-26)19-20-32(38)35-37-22-21-28-15-9-10-16-31(28)37/h3-16,19-20,25,29-30,36H,17-18,21-24H2,1-2H3,(H,34,39)(H,35,38). The molecule has 3 N–H and O–H groups in total. The molecule has 222 valence electrons. The van der Waals surface area contributed by atoms with Gasteiger partial charge in [0.2, 0.25) is 15.9 Å². The Balaban J connectivity index is 1.45. The van der Waals surface area contributed by atoms with Crippen LogP contribution in [-0.4, -0.2) is 38.9 Å². The SMILES string of the molecule is CC(C)CC(NS(=O)(=O)Cc1ccccc1)C(=O)NC(C=CC(=O)NN1CCc2ccccc21)CCc1ccccc1. The molecule has 0 radical (unpaired) electrons. The molecule has 3 aromatic carbocycles. The molecule has 0 saturated heterocycles. The van der Waals surface area contributed by atoms with Crippen molar-refractivity contribution in [1.82, 2.24) is 15.5 Å². The van der Waals surface area contributed by atoms with Crippen molar-refractivity contribution < 1.29 is 18.0 Å². The number of carbonyl (C=O) groups excluding carboxylic acids is 2. The Hall–Kier alpha value is -3.95. The highest BCUT2D eigenvalue weighted by Crippen LogP contribution is 2.25. The van der Waals surface area contributed by atoms with Gasteiger partial charge in [-0.3, -0.25) is 20.0 Å². The Kier molecular flexibility index (Phi) is 10.9. The Morgan fingerprint density at radius 3 is 2.24 bits per heavy atom. The van der Waals surface area contributed by atoms with Crippen LogP contribution in [0.15, 0.2) is 97.1 Å². The van der Waals surface area contributed by atoms with Crippen LogP contribution in [0.4, 0.5) is 5.69 Å². The van der Waals surface area contributed by atoms with Crippen molar-refractivity contribution in [3.63, 3.8) is 0 Å². The van der Waals surface area contributed by atoms with E-state index in [0.29, 0.717) is 31.4 Å². The fourth-order valence-electron chi connectivity index (χ4n) is 5.03. The van der Waals surface area contributed by atoms with Crippen LogP contribution in [0.3, 0.4) is 0 Å². The maximum Gasteiger partial charge on any atom is 0.262 e. The summed E-state index contributed by atoms with van der Waals surface area (Å²) in [6.45, 7) is 4.58. The van der Waals surface area contributed by atoms with E-state index in [4.69, 9.17) is 0 Å². The molecule has 0 saturated carbocycles. The van der Waals surface area contributed by atoms with Crippen molar-refractivity contribution in [2.24, 2.45) is 5.92 Å². The molecular formula is C33H40N4O4S. The second-order valence-electron chi connectivity index (χ2n) is 11.0. The van der Waals surface area contributed by atoms with E-state index in [1.807, 2.05) is 79.5 Å². The number of fused-ring (bicyclic) bond motifs is 1. The molecule has 0 spiro atoms. The molecule has 1 aliphatic heterocycles. The van der Waals surface area contributed by atoms with Gasteiger partial charge in [0, 0.05) is 18.7 Å². The smallest absolute Gasteiger partial charge is 0.262 e. The van der Waals surface area contributed by atoms with Gasteiger partial charge in [-0.2, -0.15) is 0 Å². The normalized spacial score (nSPS) is 14.5. The third-order valence-corrected chi connectivity index (χ3v) is 8.43. The van der Waals surface area contributed by atoms with Gasteiger partial charge in [-0.1, -0.05) is 98.8 Å². The van der Waals surface area contributed by atoms with E-state index in [1.165, 1.54) is 11.6 Å². The van der Waals surface area contributed by atoms with Crippen LogP contribution in [0, 0.1) is 5.92 Å². The fourth-order valence-corrected chi connectivity index (χ4v) is 6.38. The molecule has 1 aliphatic rings. The average Bonchev–Trinajstić information content (AvgIpc) is 3.37. The first-order valence-electron chi connectivity index (χ1n) is 14.4. The number of hydrogen-bond acceptors (Lipinski definition) is 5. The number of nitrogens with zero attached hydrogens (tertiary/aromatic N) is 1. The minimum Gasteiger partial charge on any atom is -0.348 e. The highest BCUT2D eigenvalue weighted by Gasteiger charge is 2.27. The van der Waals surface area contributed by atoms with Gasteiger partial charge in [0.05, 0.1) is 11.4 Å². The summed E-state index contributed by atoms with van der Waals surface area (Å²) in [5.41, 5.74) is 6.83. The van der Waals surface area contributed by atoms with E-state index in [1.54, 1.807) is 30.3 Å². The van der Waals surface area contributed by atoms with Crippen LogP contribution >= 0.6 is 0 Å². The van der Waals surface area contributed by atoms with E-state index >= 15 is 0 Å². The number of benzene rings is 3. The lowest BCUT2D eigenvalue weighted by atomic mass is 10.0. The third kappa shape index (κ3) is 9.56. The van der Waals surface area contributed by atoms with Crippen LogP contribution in [0.1, 0.15) is 43.4 Å². The van der Waals surface area contributed by atoms with E-state index in [-0.39, 0.29) is 17.6 Å². The topological polar surface area (TPSA) is 108 Å². The van der Waals surface area contributed by atoms with Gasteiger partial charge in [0.15, 0.2) is 0 Å². The number of nitrogens with one attached hydrogen (secondary N) is 3. The quantitative estimate of drug-likeness (QED) is 0.244. The Morgan fingerprint density at radius 1 is 0.905 bits per heavy atom. The van der Waals surface area contributed by atoms with Crippen LogP contribution in [0.25, 0.3) is 0 Å². The zero-order valence-corrected chi connectivity index (χ0v) is 25.0. The number of sulfonamides is 1. The van der Waals surface area contributed by atoms with Gasteiger partial charge in [0.25, 0.3) is 5.91 Å². The molecule has 2 atom stereocenters. The van der Waals surface area contributed by atoms with Crippen molar-refractivity contribution in [1.29, 1.82) is 0 Å². The minimum absolute atomic E-state index is 0.0765. The summed E-state index contributed by atoms with van der Waals surface area (Å²) in [4.78, 5) is 26.4. The monoisotopic (exact) mass is 588 g/mol. The molecule has 8 nitrogen and oxygen atoms in total.